The number of aromatic amines is 1. The Bertz CT molecular complexity index is 1310. The van der Waals surface area contributed by atoms with Crippen molar-refractivity contribution in [2.75, 3.05) is 11.6 Å². The largest absolute Gasteiger partial charge is 0.339 e. The van der Waals surface area contributed by atoms with Crippen LogP contribution in [-0.4, -0.2) is 45.3 Å². The van der Waals surface area contributed by atoms with Crippen molar-refractivity contribution >= 4 is 32.6 Å². The normalized spacial score (nSPS) is 11.6. The van der Waals surface area contributed by atoms with Crippen LogP contribution in [0.25, 0.3) is 22.3 Å². The molecule has 3 aromatic heterocycles. The number of H-pyrrole nitrogens is 1. The number of fused-ring (bicyclic) bond motifs is 1. The molecular formula is C18H16N6O3S. The lowest BCUT2D eigenvalue weighted by Gasteiger charge is -2.05. The maximum atomic E-state index is 12.3. The van der Waals surface area contributed by atoms with Gasteiger partial charge in [0.05, 0.1) is 4.90 Å². The maximum Gasteiger partial charge on any atom is 0.294 e. The third kappa shape index (κ3) is 3.25. The molecule has 0 saturated carbocycles. The zero-order chi connectivity index (χ0) is 19.9. The average molecular weight is 396 g/mol. The molecule has 0 spiro atoms. The standard InChI is InChI=1S/C18H16N6O3S/c1-24-17(19-10-20-24)18(25)23-15-8-7-11-9-13(21-16(11)22-15)12-5-3-4-6-14(12)28(2,26)27/h3-10H,1-2H3,(H2,21,22,23,25). The number of hydrogen-bond donors (Lipinski definition) is 2. The van der Waals surface area contributed by atoms with Gasteiger partial charge in [-0.1, -0.05) is 18.2 Å². The number of amides is 1. The molecule has 0 aliphatic carbocycles. The Kier molecular flexibility index (Phi) is 4.19. The van der Waals surface area contributed by atoms with Crippen LogP contribution in [0.1, 0.15) is 10.6 Å². The fourth-order valence-corrected chi connectivity index (χ4v) is 3.81. The second-order valence-electron chi connectivity index (χ2n) is 6.25. The molecule has 1 aromatic carbocycles. The van der Waals surface area contributed by atoms with Crippen molar-refractivity contribution in [3.63, 3.8) is 0 Å². The van der Waals surface area contributed by atoms with E-state index in [0.29, 0.717) is 22.7 Å². The second-order valence-corrected chi connectivity index (χ2v) is 8.23. The monoisotopic (exact) mass is 396 g/mol. The lowest BCUT2D eigenvalue weighted by Crippen LogP contribution is -2.18. The molecule has 142 valence electrons. The summed E-state index contributed by atoms with van der Waals surface area (Å²) in [5.74, 6) is 0.0718. The van der Waals surface area contributed by atoms with E-state index in [1.54, 1.807) is 43.4 Å². The molecule has 0 aliphatic rings. The van der Waals surface area contributed by atoms with Crippen molar-refractivity contribution in [3.05, 3.63) is 54.6 Å². The highest BCUT2D eigenvalue weighted by Gasteiger charge is 2.17. The average Bonchev–Trinajstić information content (AvgIpc) is 3.26. The number of aromatic nitrogens is 5. The Balaban J connectivity index is 1.70. The molecule has 0 saturated heterocycles. The maximum absolute atomic E-state index is 12.3. The predicted molar refractivity (Wildman–Crippen MR) is 104 cm³/mol. The van der Waals surface area contributed by atoms with Crippen molar-refractivity contribution in [1.29, 1.82) is 0 Å². The van der Waals surface area contributed by atoms with Gasteiger partial charge in [-0.25, -0.2) is 23.1 Å². The SMILES string of the molecule is Cn1ncnc1C(=O)Nc1ccc2cc(-c3ccccc3S(C)(=O)=O)[nH]c2n1. The van der Waals surface area contributed by atoms with E-state index in [9.17, 15) is 13.2 Å². The quantitative estimate of drug-likeness (QED) is 0.544. The number of hydrogen-bond acceptors (Lipinski definition) is 6. The molecule has 4 rings (SSSR count). The molecule has 0 unspecified atom stereocenters. The minimum atomic E-state index is -3.38. The van der Waals surface area contributed by atoms with Crippen LogP contribution in [0.5, 0.6) is 0 Å². The smallest absolute Gasteiger partial charge is 0.294 e. The number of aryl methyl sites for hydroxylation is 1. The molecule has 0 fully saturated rings. The number of sulfone groups is 1. The van der Waals surface area contributed by atoms with Gasteiger partial charge in [0.2, 0.25) is 5.82 Å². The van der Waals surface area contributed by atoms with Crippen LogP contribution in [-0.2, 0) is 16.9 Å². The van der Waals surface area contributed by atoms with Gasteiger partial charge in [0, 0.05) is 29.9 Å². The Hall–Kier alpha value is -3.53. The lowest BCUT2D eigenvalue weighted by molar-refractivity contribution is 0.101. The first-order chi connectivity index (χ1) is 13.3. The second kappa shape index (κ2) is 6.57. The first-order valence-corrected chi connectivity index (χ1v) is 10.2. The molecule has 10 heteroatoms. The van der Waals surface area contributed by atoms with E-state index in [2.05, 4.69) is 25.4 Å². The summed E-state index contributed by atoms with van der Waals surface area (Å²) >= 11 is 0. The van der Waals surface area contributed by atoms with Crippen LogP contribution >= 0.6 is 0 Å². The highest BCUT2D eigenvalue weighted by atomic mass is 32.2. The van der Waals surface area contributed by atoms with Crippen molar-refractivity contribution in [2.24, 2.45) is 7.05 Å². The van der Waals surface area contributed by atoms with Crippen LogP contribution < -0.4 is 5.32 Å². The zero-order valence-corrected chi connectivity index (χ0v) is 15.9. The molecule has 0 atom stereocenters. The molecule has 4 aromatic rings. The molecular weight excluding hydrogens is 380 g/mol. The Labute approximate surface area is 160 Å². The summed E-state index contributed by atoms with van der Waals surface area (Å²) in [5.41, 5.74) is 1.71. The number of anilines is 1. The molecule has 0 bridgehead atoms. The fourth-order valence-electron chi connectivity index (χ4n) is 2.91. The highest BCUT2D eigenvalue weighted by molar-refractivity contribution is 7.90. The van der Waals surface area contributed by atoms with Crippen LogP contribution in [0.2, 0.25) is 0 Å². The number of rotatable bonds is 4. The third-order valence-electron chi connectivity index (χ3n) is 4.21. The fraction of sp³-hybridized carbons (Fsp3) is 0.111. The number of carbonyl (C=O) groups is 1. The van der Waals surface area contributed by atoms with Crippen LogP contribution in [0, 0.1) is 0 Å². The van der Waals surface area contributed by atoms with Crippen LogP contribution in [0.3, 0.4) is 0 Å². The number of nitrogens with zero attached hydrogens (tertiary/aromatic N) is 4. The summed E-state index contributed by atoms with van der Waals surface area (Å²) in [7, 11) is -1.76. The highest BCUT2D eigenvalue weighted by Crippen LogP contribution is 2.29. The molecule has 2 N–H and O–H groups in total. The van der Waals surface area contributed by atoms with E-state index >= 15 is 0 Å². The number of nitrogens with one attached hydrogen (secondary N) is 2. The summed E-state index contributed by atoms with van der Waals surface area (Å²) < 4.78 is 25.5. The Morgan fingerprint density at radius 1 is 1.18 bits per heavy atom. The minimum absolute atomic E-state index is 0.163. The number of pyridine rings is 1. The van der Waals surface area contributed by atoms with Gasteiger partial charge < -0.3 is 10.3 Å². The first-order valence-electron chi connectivity index (χ1n) is 8.27. The molecule has 1 amide bonds. The Morgan fingerprint density at radius 2 is 1.96 bits per heavy atom. The minimum Gasteiger partial charge on any atom is -0.339 e. The topological polar surface area (TPSA) is 123 Å². The number of benzene rings is 1. The van der Waals surface area contributed by atoms with Gasteiger partial charge in [-0.05, 0) is 24.3 Å². The predicted octanol–water partition coefficient (Wildman–Crippen LogP) is 2.01. The number of carbonyl (C=O) groups excluding carboxylic acids is 1. The summed E-state index contributed by atoms with van der Waals surface area (Å²) in [4.78, 5) is 23.9. The van der Waals surface area contributed by atoms with Gasteiger partial charge in [0.1, 0.15) is 17.8 Å². The van der Waals surface area contributed by atoms with Gasteiger partial charge in [-0.15, -0.1) is 0 Å². The van der Waals surface area contributed by atoms with E-state index < -0.39 is 15.7 Å². The summed E-state index contributed by atoms with van der Waals surface area (Å²) in [5, 5.41) is 7.32. The van der Waals surface area contributed by atoms with Crippen molar-refractivity contribution < 1.29 is 13.2 Å². The van der Waals surface area contributed by atoms with Crippen LogP contribution in [0.4, 0.5) is 5.82 Å². The van der Waals surface area contributed by atoms with Gasteiger partial charge in [-0.2, -0.15) is 5.10 Å². The van der Waals surface area contributed by atoms with Crippen LogP contribution in [0.15, 0.2) is 53.7 Å². The lowest BCUT2D eigenvalue weighted by atomic mass is 10.1. The van der Waals surface area contributed by atoms with Crippen molar-refractivity contribution in [2.45, 2.75) is 4.90 Å². The van der Waals surface area contributed by atoms with E-state index in [1.165, 1.54) is 17.3 Å². The Morgan fingerprint density at radius 3 is 2.68 bits per heavy atom. The molecule has 9 nitrogen and oxygen atoms in total. The summed E-state index contributed by atoms with van der Waals surface area (Å²) in [6.07, 6.45) is 2.47. The van der Waals surface area contributed by atoms with E-state index in [-0.39, 0.29) is 10.7 Å². The molecule has 0 aliphatic heterocycles. The molecule has 28 heavy (non-hydrogen) atoms. The van der Waals surface area contributed by atoms with Gasteiger partial charge in [-0.3, -0.25) is 4.79 Å². The van der Waals surface area contributed by atoms with Gasteiger partial charge in [0.25, 0.3) is 5.91 Å². The van der Waals surface area contributed by atoms with Gasteiger partial charge >= 0.3 is 0 Å². The zero-order valence-electron chi connectivity index (χ0n) is 15.0. The molecule has 0 radical (unpaired) electrons. The third-order valence-corrected chi connectivity index (χ3v) is 5.37. The van der Waals surface area contributed by atoms with Crippen molar-refractivity contribution in [1.82, 2.24) is 24.7 Å². The first kappa shape index (κ1) is 17.9. The summed E-state index contributed by atoms with van der Waals surface area (Å²) in [6.45, 7) is 0. The van der Waals surface area contributed by atoms with E-state index in [4.69, 9.17) is 0 Å². The van der Waals surface area contributed by atoms with E-state index in [1.807, 2.05) is 6.07 Å². The summed E-state index contributed by atoms with van der Waals surface area (Å²) in [6, 6.07) is 12.0. The molecule has 3 heterocycles. The van der Waals surface area contributed by atoms with Gasteiger partial charge in [0.15, 0.2) is 9.84 Å². The van der Waals surface area contributed by atoms with E-state index in [0.717, 1.165) is 5.39 Å². The van der Waals surface area contributed by atoms with Crippen molar-refractivity contribution in [3.8, 4) is 11.3 Å².